The number of halogens is 2. The molecule has 254 valence electrons. The maximum absolute atomic E-state index is 14.8. The van der Waals surface area contributed by atoms with Crippen molar-refractivity contribution in [3.63, 3.8) is 0 Å². The second-order valence-electron chi connectivity index (χ2n) is 12.7. The zero-order valence-corrected chi connectivity index (χ0v) is 26.8. The fourth-order valence-corrected chi connectivity index (χ4v) is 6.91. The van der Waals surface area contributed by atoms with Crippen molar-refractivity contribution in [2.24, 2.45) is 0 Å². The van der Waals surface area contributed by atoms with Gasteiger partial charge in [0, 0.05) is 49.6 Å². The number of alkyl halides is 1. The van der Waals surface area contributed by atoms with Crippen LogP contribution < -0.4 is 24.4 Å². The first-order valence-corrected chi connectivity index (χ1v) is 16.1. The lowest BCUT2D eigenvalue weighted by Gasteiger charge is -2.34. The van der Waals surface area contributed by atoms with Crippen LogP contribution in [0.25, 0.3) is 10.8 Å². The Kier molecular flexibility index (Phi) is 9.57. The molecule has 0 saturated carbocycles. The van der Waals surface area contributed by atoms with Crippen LogP contribution in [0.15, 0.2) is 36.9 Å². The van der Waals surface area contributed by atoms with Crippen LogP contribution in [0.3, 0.4) is 0 Å². The highest BCUT2D eigenvalue weighted by Crippen LogP contribution is 2.45. The second kappa shape index (κ2) is 13.8. The number of hydrogen-bond acceptors (Lipinski definition) is 10. The van der Waals surface area contributed by atoms with Crippen molar-refractivity contribution in [2.75, 3.05) is 50.9 Å². The number of aromatic nitrogens is 2. The Balaban J connectivity index is 1.38. The van der Waals surface area contributed by atoms with E-state index in [1.807, 2.05) is 16.7 Å². The average Bonchev–Trinajstić information content (AvgIpc) is 3.20. The summed E-state index contributed by atoms with van der Waals surface area (Å²) < 4.78 is 48.3. The summed E-state index contributed by atoms with van der Waals surface area (Å²) in [4.78, 5) is 25.3. The lowest BCUT2D eigenvalue weighted by molar-refractivity contribution is -0.117. The number of β-amino-alcohol motifs (C(OH)–C–C–N with tert-alkyl or cyclic N) is 1. The summed E-state index contributed by atoms with van der Waals surface area (Å²) in [5, 5.41) is 24.0. The summed E-state index contributed by atoms with van der Waals surface area (Å²) in [5.74, 6) is 2.22. The Morgan fingerprint density at radius 2 is 2.15 bits per heavy atom. The standard InChI is InChI=1S/C35H39F2N5O6/c1-4-25-27(37)10-9-21-14-24(44)15-26(30(21)25)28-19-46-31-32(41-11-7-6-8-23(18-41)38-29(45)5-2)39-34(40-33(31)48-28)47-20-35(3)16-22(36)17-42(35)12-13-43/h1,5,9-10,14-15,22-23,28,43-44H,2,6-8,11-13,16-20H2,3H3,(H,38,45)/t22-,23?,28?,35+/m1/s1. The molecule has 4 heterocycles. The third-order valence-corrected chi connectivity index (χ3v) is 9.23. The molecule has 3 aliphatic rings. The van der Waals surface area contributed by atoms with Gasteiger partial charge in [0.25, 0.3) is 5.88 Å². The number of phenolic OH excluding ortho intramolecular Hbond substituents is 1. The van der Waals surface area contributed by atoms with Gasteiger partial charge in [-0.2, -0.15) is 9.97 Å². The van der Waals surface area contributed by atoms with Crippen LogP contribution in [0.2, 0.25) is 0 Å². The quantitative estimate of drug-likeness (QED) is 0.230. The molecule has 3 aromatic rings. The molecule has 48 heavy (non-hydrogen) atoms. The maximum atomic E-state index is 14.8. The van der Waals surface area contributed by atoms with E-state index in [9.17, 15) is 23.8 Å². The van der Waals surface area contributed by atoms with Crippen molar-refractivity contribution in [2.45, 2.75) is 56.5 Å². The molecular formula is C35H39F2N5O6. The average molecular weight is 664 g/mol. The van der Waals surface area contributed by atoms with Crippen molar-refractivity contribution in [3.8, 4) is 35.7 Å². The molecule has 4 atom stereocenters. The number of benzene rings is 2. The van der Waals surface area contributed by atoms with E-state index >= 15 is 0 Å². The number of aromatic hydroxyl groups is 1. The monoisotopic (exact) mass is 663 g/mol. The number of amides is 1. The van der Waals surface area contributed by atoms with Crippen molar-refractivity contribution < 1.29 is 38.0 Å². The number of carbonyl (C=O) groups excluding carboxylic acids is 1. The molecule has 2 saturated heterocycles. The van der Waals surface area contributed by atoms with Crippen molar-refractivity contribution >= 4 is 22.5 Å². The summed E-state index contributed by atoms with van der Waals surface area (Å²) in [6, 6.07) is 5.52. The SMILES string of the molecule is C#Cc1c(F)ccc2cc(O)cc(C3COc4c(nc(OC[C@]5(C)C[C@@H](F)CN5CCO)nc4N4CCCCC(NC(=O)C=C)C4)O3)c12. The van der Waals surface area contributed by atoms with Crippen molar-refractivity contribution in [3.05, 3.63) is 53.9 Å². The first-order valence-electron chi connectivity index (χ1n) is 16.1. The van der Waals surface area contributed by atoms with E-state index in [1.54, 1.807) is 0 Å². The molecule has 0 radical (unpaired) electrons. The van der Waals surface area contributed by atoms with E-state index in [2.05, 4.69) is 22.8 Å². The molecule has 2 unspecified atom stereocenters. The normalized spacial score (nSPS) is 24.1. The Morgan fingerprint density at radius 1 is 1.31 bits per heavy atom. The number of nitrogens with zero attached hydrogens (tertiary/aromatic N) is 4. The first kappa shape index (κ1) is 33.2. The number of terminal acetylenes is 1. The number of rotatable bonds is 9. The Hall–Kier alpha value is -4.67. The minimum atomic E-state index is -1.07. The van der Waals surface area contributed by atoms with Gasteiger partial charge in [-0.3, -0.25) is 9.69 Å². The van der Waals surface area contributed by atoms with Crippen LogP contribution in [0.4, 0.5) is 14.6 Å². The van der Waals surface area contributed by atoms with Gasteiger partial charge in [0.15, 0.2) is 11.9 Å². The topological polar surface area (TPSA) is 130 Å². The molecule has 6 rings (SSSR count). The molecule has 1 amide bonds. The fraction of sp³-hybridized carbons (Fsp3) is 0.457. The van der Waals surface area contributed by atoms with Gasteiger partial charge in [-0.15, -0.1) is 6.42 Å². The van der Waals surface area contributed by atoms with Gasteiger partial charge >= 0.3 is 6.01 Å². The van der Waals surface area contributed by atoms with E-state index in [4.69, 9.17) is 25.6 Å². The third kappa shape index (κ3) is 6.68. The van der Waals surface area contributed by atoms with Crippen LogP contribution in [-0.2, 0) is 4.79 Å². The molecule has 0 bridgehead atoms. The molecule has 2 fully saturated rings. The van der Waals surface area contributed by atoms with Gasteiger partial charge in [-0.05, 0) is 55.8 Å². The fourth-order valence-electron chi connectivity index (χ4n) is 6.91. The van der Waals surface area contributed by atoms with Gasteiger partial charge < -0.3 is 34.6 Å². The van der Waals surface area contributed by atoms with Crippen LogP contribution in [0, 0.1) is 18.2 Å². The molecule has 13 heteroatoms. The zero-order valence-electron chi connectivity index (χ0n) is 26.8. The van der Waals surface area contributed by atoms with Gasteiger partial charge in [0.1, 0.15) is 31.0 Å². The molecule has 1 aromatic heterocycles. The molecule has 0 aliphatic carbocycles. The molecule has 11 nitrogen and oxygen atoms in total. The van der Waals surface area contributed by atoms with Gasteiger partial charge in [-0.25, -0.2) is 8.78 Å². The minimum Gasteiger partial charge on any atom is -0.508 e. The molecule has 3 aliphatic heterocycles. The number of nitrogens with one attached hydrogen (secondary N) is 1. The highest BCUT2D eigenvalue weighted by Gasteiger charge is 2.43. The van der Waals surface area contributed by atoms with Crippen molar-refractivity contribution in [1.82, 2.24) is 20.2 Å². The van der Waals surface area contributed by atoms with E-state index in [0.717, 1.165) is 19.3 Å². The number of phenols is 1. The number of fused-ring (bicyclic) bond motifs is 2. The number of hydrogen-bond donors (Lipinski definition) is 3. The molecule has 3 N–H and O–H groups in total. The highest BCUT2D eigenvalue weighted by molar-refractivity contribution is 5.93. The summed E-state index contributed by atoms with van der Waals surface area (Å²) in [6.45, 7) is 6.81. The third-order valence-electron chi connectivity index (χ3n) is 9.23. The number of likely N-dealkylation sites (tertiary alicyclic amines) is 1. The second-order valence-corrected chi connectivity index (χ2v) is 12.7. The Bertz CT molecular complexity index is 1750. The summed E-state index contributed by atoms with van der Waals surface area (Å²) in [7, 11) is 0. The predicted molar refractivity (Wildman–Crippen MR) is 175 cm³/mol. The lowest BCUT2D eigenvalue weighted by Crippen LogP contribution is -2.47. The highest BCUT2D eigenvalue weighted by atomic mass is 19.1. The number of aliphatic hydroxyl groups is 1. The molecule has 2 aromatic carbocycles. The number of anilines is 1. The van der Waals surface area contributed by atoms with E-state index in [-0.39, 0.29) is 73.7 Å². The minimum absolute atomic E-state index is 0.0286. The van der Waals surface area contributed by atoms with Crippen LogP contribution >= 0.6 is 0 Å². The Labute approximate surface area is 277 Å². The van der Waals surface area contributed by atoms with Crippen LogP contribution in [-0.4, -0.2) is 94.7 Å². The van der Waals surface area contributed by atoms with E-state index in [1.165, 1.54) is 30.3 Å². The number of aliphatic hydroxyl groups excluding tert-OH is 1. The van der Waals surface area contributed by atoms with Gasteiger partial charge in [-0.1, -0.05) is 18.6 Å². The van der Waals surface area contributed by atoms with Gasteiger partial charge in [0.2, 0.25) is 11.7 Å². The smallest absolute Gasteiger partial charge is 0.322 e. The van der Waals surface area contributed by atoms with Crippen LogP contribution in [0.5, 0.6) is 23.4 Å². The van der Waals surface area contributed by atoms with Gasteiger partial charge in [0.05, 0.1) is 17.7 Å². The largest absolute Gasteiger partial charge is 0.508 e. The van der Waals surface area contributed by atoms with E-state index in [0.29, 0.717) is 41.8 Å². The zero-order chi connectivity index (χ0) is 34.0. The summed E-state index contributed by atoms with van der Waals surface area (Å²) >= 11 is 0. The maximum Gasteiger partial charge on any atom is 0.322 e. The van der Waals surface area contributed by atoms with Crippen LogP contribution in [0.1, 0.15) is 49.8 Å². The first-order chi connectivity index (χ1) is 23.1. The molecular weight excluding hydrogens is 624 g/mol. The van der Waals surface area contributed by atoms with E-state index < -0.39 is 23.6 Å². The molecule has 0 spiro atoms. The summed E-state index contributed by atoms with van der Waals surface area (Å²) in [5.41, 5.74) is -0.273. The predicted octanol–water partition coefficient (Wildman–Crippen LogP) is 3.80. The summed E-state index contributed by atoms with van der Waals surface area (Å²) in [6.07, 6.45) is 7.68. The number of carbonyl (C=O) groups is 1. The lowest BCUT2D eigenvalue weighted by atomic mass is 9.95. The number of ether oxygens (including phenoxy) is 3. The van der Waals surface area contributed by atoms with Crippen molar-refractivity contribution in [1.29, 1.82) is 0 Å². The Morgan fingerprint density at radius 3 is 2.92 bits per heavy atom.